The molecular formula is C10H16O2S. The fraction of sp³-hybridized carbons (Fsp3) is 0.800. The smallest absolute Gasteiger partial charge is 0.213 e. The highest BCUT2D eigenvalue weighted by molar-refractivity contribution is 7.95. The molecule has 0 atom stereocenters. The van der Waals surface area contributed by atoms with Crippen LogP contribution in [-0.2, 0) is 9.84 Å². The highest BCUT2D eigenvalue weighted by atomic mass is 32.2. The Labute approximate surface area is 80.6 Å². The minimum absolute atomic E-state index is 0.642. The van der Waals surface area contributed by atoms with Crippen LogP contribution in [0.15, 0.2) is 0 Å². The molecule has 0 aliphatic heterocycles. The summed E-state index contributed by atoms with van der Waals surface area (Å²) >= 11 is 0. The van der Waals surface area contributed by atoms with Gasteiger partial charge in [-0.1, -0.05) is 25.2 Å². The van der Waals surface area contributed by atoms with Gasteiger partial charge < -0.3 is 0 Å². The van der Waals surface area contributed by atoms with Crippen LogP contribution in [0.4, 0.5) is 0 Å². The van der Waals surface area contributed by atoms with Gasteiger partial charge >= 0.3 is 0 Å². The lowest BCUT2D eigenvalue weighted by Crippen LogP contribution is -2.04. The SMILES string of the molecule is CS(=O)(=O)C#CCC1CCCCC1. The molecule has 1 rings (SSSR count). The van der Waals surface area contributed by atoms with Crippen molar-refractivity contribution >= 4 is 9.84 Å². The second kappa shape index (κ2) is 4.66. The third kappa shape index (κ3) is 4.94. The van der Waals surface area contributed by atoms with Crippen molar-refractivity contribution in [2.75, 3.05) is 6.26 Å². The van der Waals surface area contributed by atoms with Crippen molar-refractivity contribution < 1.29 is 8.42 Å². The molecule has 0 radical (unpaired) electrons. The highest BCUT2D eigenvalue weighted by Gasteiger charge is 2.11. The fourth-order valence-corrected chi connectivity index (χ4v) is 2.05. The topological polar surface area (TPSA) is 34.1 Å². The average molecular weight is 200 g/mol. The van der Waals surface area contributed by atoms with E-state index in [0.29, 0.717) is 5.92 Å². The summed E-state index contributed by atoms with van der Waals surface area (Å²) in [6, 6.07) is 0. The molecular weight excluding hydrogens is 184 g/mol. The molecule has 0 unspecified atom stereocenters. The molecule has 3 heteroatoms. The summed E-state index contributed by atoms with van der Waals surface area (Å²) < 4.78 is 21.4. The molecule has 0 aromatic rings. The molecule has 74 valence electrons. The Morgan fingerprint density at radius 3 is 2.38 bits per heavy atom. The molecule has 1 aliphatic rings. The predicted molar refractivity (Wildman–Crippen MR) is 53.8 cm³/mol. The summed E-state index contributed by atoms with van der Waals surface area (Å²) in [5.74, 6) is 3.40. The van der Waals surface area contributed by atoms with E-state index >= 15 is 0 Å². The van der Waals surface area contributed by atoms with Crippen LogP contribution < -0.4 is 0 Å². The lowest BCUT2D eigenvalue weighted by atomic mass is 9.87. The third-order valence-corrected chi connectivity index (χ3v) is 2.89. The van der Waals surface area contributed by atoms with Crippen LogP contribution >= 0.6 is 0 Å². The first-order valence-electron chi connectivity index (χ1n) is 4.77. The van der Waals surface area contributed by atoms with Crippen LogP contribution in [-0.4, -0.2) is 14.7 Å². The van der Waals surface area contributed by atoms with Gasteiger partial charge in [-0.05, 0) is 18.8 Å². The van der Waals surface area contributed by atoms with Crippen LogP contribution in [0, 0.1) is 17.1 Å². The first-order chi connectivity index (χ1) is 6.08. The van der Waals surface area contributed by atoms with Gasteiger partial charge in [0.2, 0.25) is 9.84 Å². The predicted octanol–water partition coefficient (Wildman–Crippen LogP) is 1.96. The molecule has 0 amide bonds. The Kier molecular flexibility index (Phi) is 3.80. The summed E-state index contributed by atoms with van der Waals surface area (Å²) in [5, 5.41) is 2.29. The summed E-state index contributed by atoms with van der Waals surface area (Å²) in [7, 11) is -3.09. The van der Waals surface area contributed by atoms with Gasteiger partial charge in [0.15, 0.2) is 0 Å². The standard InChI is InChI=1S/C10H16O2S/c1-13(11,12)9-5-8-10-6-3-2-4-7-10/h10H,2-4,6-8H2,1H3. The van der Waals surface area contributed by atoms with Gasteiger partial charge in [-0.15, -0.1) is 0 Å². The number of hydrogen-bond donors (Lipinski definition) is 0. The zero-order valence-corrected chi connectivity index (χ0v) is 8.86. The third-order valence-electron chi connectivity index (χ3n) is 2.37. The Morgan fingerprint density at radius 2 is 1.85 bits per heavy atom. The van der Waals surface area contributed by atoms with Crippen LogP contribution in [0.3, 0.4) is 0 Å². The van der Waals surface area contributed by atoms with E-state index in [0.717, 1.165) is 12.7 Å². The van der Waals surface area contributed by atoms with Gasteiger partial charge in [0.1, 0.15) is 0 Å². The van der Waals surface area contributed by atoms with E-state index in [1.165, 1.54) is 32.1 Å². The number of hydrogen-bond acceptors (Lipinski definition) is 2. The highest BCUT2D eigenvalue weighted by Crippen LogP contribution is 2.25. The molecule has 0 aromatic carbocycles. The minimum Gasteiger partial charge on any atom is -0.216 e. The number of sulfone groups is 1. The van der Waals surface area contributed by atoms with Crippen molar-refractivity contribution in [3.63, 3.8) is 0 Å². The molecule has 0 saturated heterocycles. The first kappa shape index (κ1) is 10.6. The monoisotopic (exact) mass is 200 g/mol. The second-order valence-electron chi connectivity index (χ2n) is 3.76. The molecule has 0 aromatic heterocycles. The quantitative estimate of drug-likeness (QED) is 0.479. The Hall–Kier alpha value is -0.490. The Morgan fingerprint density at radius 1 is 1.23 bits per heavy atom. The van der Waals surface area contributed by atoms with E-state index in [9.17, 15) is 8.42 Å². The van der Waals surface area contributed by atoms with Crippen LogP contribution in [0.1, 0.15) is 38.5 Å². The van der Waals surface area contributed by atoms with Crippen molar-refractivity contribution in [2.45, 2.75) is 38.5 Å². The van der Waals surface area contributed by atoms with Gasteiger partial charge in [-0.3, -0.25) is 0 Å². The molecule has 0 bridgehead atoms. The van der Waals surface area contributed by atoms with Crippen LogP contribution in [0.25, 0.3) is 0 Å². The lowest BCUT2D eigenvalue weighted by molar-refractivity contribution is 0.365. The van der Waals surface area contributed by atoms with Crippen molar-refractivity contribution in [3.8, 4) is 11.2 Å². The maximum atomic E-state index is 10.7. The first-order valence-corrected chi connectivity index (χ1v) is 6.67. The number of rotatable bonds is 1. The Balaban J connectivity index is 2.35. The molecule has 2 nitrogen and oxygen atoms in total. The summed E-state index contributed by atoms with van der Waals surface area (Å²) in [6.07, 6.45) is 8.25. The summed E-state index contributed by atoms with van der Waals surface area (Å²) in [4.78, 5) is 0. The van der Waals surface area contributed by atoms with Gasteiger partial charge in [-0.2, -0.15) is 0 Å². The van der Waals surface area contributed by atoms with Gasteiger partial charge in [0.25, 0.3) is 0 Å². The summed E-state index contributed by atoms with van der Waals surface area (Å²) in [5.41, 5.74) is 0. The zero-order chi connectivity index (χ0) is 9.73. The van der Waals surface area contributed by atoms with Crippen LogP contribution in [0.2, 0.25) is 0 Å². The minimum atomic E-state index is -3.09. The molecule has 1 saturated carbocycles. The van der Waals surface area contributed by atoms with Gasteiger partial charge in [0, 0.05) is 11.7 Å². The molecule has 1 fully saturated rings. The van der Waals surface area contributed by atoms with Gasteiger partial charge in [-0.25, -0.2) is 8.42 Å². The maximum absolute atomic E-state index is 10.7. The second-order valence-corrected chi connectivity index (χ2v) is 5.51. The van der Waals surface area contributed by atoms with E-state index < -0.39 is 9.84 Å². The van der Waals surface area contributed by atoms with Crippen molar-refractivity contribution in [1.29, 1.82) is 0 Å². The summed E-state index contributed by atoms with van der Waals surface area (Å²) in [6.45, 7) is 0. The average Bonchev–Trinajstić information content (AvgIpc) is 2.04. The largest absolute Gasteiger partial charge is 0.216 e. The van der Waals surface area contributed by atoms with Crippen LogP contribution in [0.5, 0.6) is 0 Å². The fourth-order valence-electron chi connectivity index (χ4n) is 1.71. The van der Waals surface area contributed by atoms with Crippen molar-refractivity contribution in [2.24, 2.45) is 5.92 Å². The molecule has 0 spiro atoms. The maximum Gasteiger partial charge on any atom is 0.213 e. The van der Waals surface area contributed by atoms with E-state index in [1.54, 1.807) is 0 Å². The van der Waals surface area contributed by atoms with Crippen molar-refractivity contribution in [3.05, 3.63) is 0 Å². The van der Waals surface area contributed by atoms with E-state index in [4.69, 9.17) is 0 Å². The van der Waals surface area contributed by atoms with Gasteiger partial charge in [0.05, 0.1) is 6.26 Å². The molecule has 13 heavy (non-hydrogen) atoms. The van der Waals surface area contributed by atoms with Crippen molar-refractivity contribution in [1.82, 2.24) is 0 Å². The van der Waals surface area contributed by atoms with E-state index in [2.05, 4.69) is 11.2 Å². The normalized spacial score (nSPS) is 19.2. The lowest BCUT2D eigenvalue weighted by Gasteiger charge is -2.18. The van der Waals surface area contributed by atoms with E-state index in [1.807, 2.05) is 0 Å². The Bertz CT molecular complexity index is 300. The molecule has 0 N–H and O–H groups in total. The molecule has 0 heterocycles. The van der Waals surface area contributed by atoms with E-state index in [-0.39, 0.29) is 0 Å². The zero-order valence-electron chi connectivity index (χ0n) is 8.04. The molecule has 1 aliphatic carbocycles.